The van der Waals surface area contributed by atoms with Gasteiger partial charge in [-0.25, -0.2) is 13.6 Å². The Labute approximate surface area is 127 Å². The first-order chi connectivity index (χ1) is 9.79. The minimum absolute atomic E-state index is 0.0506. The lowest BCUT2D eigenvalue weighted by molar-refractivity contribution is 0.254. The number of anilines is 2. The molecule has 2 atom stereocenters. The van der Waals surface area contributed by atoms with E-state index in [9.17, 15) is 8.42 Å². The zero-order chi connectivity index (χ0) is 15.6. The summed E-state index contributed by atoms with van der Waals surface area (Å²) in [6, 6.07) is 5.02. The van der Waals surface area contributed by atoms with Crippen molar-refractivity contribution < 1.29 is 8.42 Å². The van der Waals surface area contributed by atoms with Gasteiger partial charge < -0.3 is 11.1 Å². The van der Waals surface area contributed by atoms with Crippen molar-refractivity contribution in [1.29, 1.82) is 0 Å². The molecule has 6 heteroatoms. The maximum absolute atomic E-state index is 11.3. The summed E-state index contributed by atoms with van der Waals surface area (Å²) < 4.78 is 22.7. The monoisotopic (exact) mass is 311 g/mol. The van der Waals surface area contributed by atoms with Crippen LogP contribution in [0, 0.1) is 11.8 Å². The Morgan fingerprint density at radius 2 is 1.90 bits per heavy atom. The highest BCUT2D eigenvalue weighted by Gasteiger charge is 2.27. The van der Waals surface area contributed by atoms with Crippen LogP contribution >= 0.6 is 0 Å². The average molecular weight is 311 g/mol. The van der Waals surface area contributed by atoms with Gasteiger partial charge in [-0.3, -0.25) is 0 Å². The third-order valence-electron chi connectivity index (χ3n) is 4.37. The van der Waals surface area contributed by atoms with Gasteiger partial charge in [-0.05, 0) is 42.9 Å². The number of hydrogen-bond donors (Lipinski definition) is 3. The number of nitrogen functional groups attached to an aromatic ring is 1. The molecule has 0 saturated heterocycles. The fraction of sp³-hybridized carbons (Fsp3) is 0.600. The van der Waals surface area contributed by atoms with Gasteiger partial charge in [-0.15, -0.1) is 0 Å². The number of sulfonamides is 1. The van der Waals surface area contributed by atoms with Gasteiger partial charge in [0.05, 0.1) is 16.3 Å². The molecule has 0 heterocycles. The van der Waals surface area contributed by atoms with E-state index in [-0.39, 0.29) is 4.90 Å². The highest BCUT2D eigenvalue weighted by Crippen LogP contribution is 2.33. The van der Waals surface area contributed by atoms with E-state index < -0.39 is 10.0 Å². The quantitative estimate of drug-likeness (QED) is 0.744. The highest BCUT2D eigenvalue weighted by molar-refractivity contribution is 7.89. The SMILES string of the molecule is CC(C)C1CCCCC1Nc1ccc(S(N)(=O)=O)cc1N. The Hall–Kier alpha value is -1.27. The van der Waals surface area contributed by atoms with Gasteiger partial charge in [-0.1, -0.05) is 26.7 Å². The zero-order valence-corrected chi connectivity index (χ0v) is 13.5. The van der Waals surface area contributed by atoms with Crippen LogP contribution in [0.3, 0.4) is 0 Å². The lowest BCUT2D eigenvalue weighted by Crippen LogP contribution is -2.35. The summed E-state index contributed by atoms with van der Waals surface area (Å²) in [6.45, 7) is 4.50. The van der Waals surface area contributed by atoms with E-state index >= 15 is 0 Å². The van der Waals surface area contributed by atoms with Crippen LogP contribution in [-0.4, -0.2) is 14.5 Å². The minimum Gasteiger partial charge on any atom is -0.397 e. The van der Waals surface area contributed by atoms with Crippen LogP contribution in [-0.2, 0) is 10.0 Å². The van der Waals surface area contributed by atoms with Crippen molar-refractivity contribution in [1.82, 2.24) is 0 Å². The van der Waals surface area contributed by atoms with Crippen molar-refractivity contribution >= 4 is 21.4 Å². The molecule has 5 nitrogen and oxygen atoms in total. The molecule has 0 radical (unpaired) electrons. The van der Waals surface area contributed by atoms with Gasteiger partial charge >= 0.3 is 0 Å². The van der Waals surface area contributed by atoms with Crippen molar-refractivity contribution in [2.75, 3.05) is 11.1 Å². The molecule has 1 aromatic rings. The second-order valence-corrected chi connectivity index (χ2v) is 7.80. The van der Waals surface area contributed by atoms with Crippen molar-refractivity contribution in [3.63, 3.8) is 0 Å². The van der Waals surface area contributed by atoms with E-state index in [0.29, 0.717) is 23.6 Å². The van der Waals surface area contributed by atoms with E-state index in [2.05, 4.69) is 19.2 Å². The molecule has 1 aromatic carbocycles. The van der Waals surface area contributed by atoms with Crippen molar-refractivity contribution in [3.8, 4) is 0 Å². The molecule has 1 aliphatic carbocycles. The van der Waals surface area contributed by atoms with Gasteiger partial charge in [0.25, 0.3) is 0 Å². The van der Waals surface area contributed by atoms with E-state index in [1.807, 2.05) is 0 Å². The van der Waals surface area contributed by atoms with Crippen molar-refractivity contribution in [3.05, 3.63) is 18.2 Å². The highest BCUT2D eigenvalue weighted by atomic mass is 32.2. The molecule has 2 unspecified atom stereocenters. The molecule has 2 rings (SSSR count). The lowest BCUT2D eigenvalue weighted by atomic mass is 9.78. The first-order valence-electron chi connectivity index (χ1n) is 7.48. The largest absolute Gasteiger partial charge is 0.397 e. The number of benzene rings is 1. The molecule has 0 aliphatic heterocycles. The smallest absolute Gasteiger partial charge is 0.238 e. The van der Waals surface area contributed by atoms with Crippen LogP contribution in [0.15, 0.2) is 23.1 Å². The Kier molecular flexibility index (Phi) is 4.78. The summed E-state index contributed by atoms with van der Waals surface area (Å²) in [5.74, 6) is 1.24. The fourth-order valence-corrected chi connectivity index (χ4v) is 3.73. The molecule has 0 aromatic heterocycles. The van der Waals surface area contributed by atoms with Gasteiger partial charge in [0.1, 0.15) is 0 Å². The summed E-state index contributed by atoms with van der Waals surface area (Å²) in [7, 11) is -3.71. The standard InChI is InChI=1S/C15H25N3O2S/c1-10(2)12-5-3-4-6-14(12)18-15-8-7-11(9-13(15)16)21(17,19)20/h7-10,12,14,18H,3-6,16H2,1-2H3,(H2,17,19,20). The molecule has 0 bridgehead atoms. The number of nitrogens with one attached hydrogen (secondary N) is 1. The van der Waals surface area contributed by atoms with E-state index in [0.717, 1.165) is 12.1 Å². The first-order valence-corrected chi connectivity index (χ1v) is 9.02. The van der Waals surface area contributed by atoms with Crippen LogP contribution in [0.25, 0.3) is 0 Å². The van der Waals surface area contributed by atoms with Crippen LogP contribution in [0.4, 0.5) is 11.4 Å². The van der Waals surface area contributed by atoms with Crippen LogP contribution in [0.5, 0.6) is 0 Å². The summed E-state index contributed by atoms with van der Waals surface area (Å²) in [4.78, 5) is 0.0506. The fourth-order valence-electron chi connectivity index (χ4n) is 3.19. The molecule has 0 spiro atoms. The zero-order valence-electron chi connectivity index (χ0n) is 12.7. The molecule has 0 amide bonds. The molecule has 5 N–H and O–H groups in total. The molecule has 1 aliphatic rings. The first kappa shape index (κ1) is 16.1. The predicted molar refractivity (Wildman–Crippen MR) is 86.4 cm³/mol. The Morgan fingerprint density at radius 3 is 2.48 bits per heavy atom. The van der Waals surface area contributed by atoms with Crippen LogP contribution in [0.2, 0.25) is 0 Å². The van der Waals surface area contributed by atoms with Crippen molar-refractivity contribution in [2.45, 2.75) is 50.5 Å². The van der Waals surface area contributed by atoms with E-state index in [1.54, 1.807) is 6.07 Å². The Bertz CT molecular complexity index is 599. The number of primary sulfonamides is 1. The molecule has 1 fully saturated rings. The second kappa shape index (κ2) is 6.23. The third kappa shape index (κ3) is 3.89. The second-order valence-electron chi connectivity index (χ2n) is 6.24. The summed E-state index contributed by atoms with van der Waals surface area (Å²) in [6.07, 6.45) is 4.85. The van der Waals surface area contributed by atoms with Crippen LogP contribution < -0.4 is 16.2 Å². The maximum atomic E-state index is 11.3. The number of hydrogen-bond acceptors (Lipinski definition) is 4. The third-order valence-corrected chi connectivity index (χ3v) is 5.28. The van der Waals surface area contributed by atoms with Crippen LogP contribution in [0.1, 0.15) is 39.5 Å². The predicted octanol–water partition coefficient (Wildman–Crippen LogP) is 2.54. The molecular formula is C15H25N3O2S. The van der Waals surface area contributed by atoms with Gasteiger partial charge in [0.2, 0.25) is 10.0 Å². The van der Waals surface area contributed by atoms with Gasteiger partial charge in [0, 0.05) is 6.04 Å². The van der Waals surface area contributed by atoms with Gasteiger partial charge in [0.15, 0.2) is 0 Å². The van der Waals surface area contributed by atoms with Crippen molar-refractivity contribution in [2.24, 2.45) is 17.0 Å². The number of rotatable bonds is 4. The maximum Gasteiger partial charge on any atom is 0.238 e. The Morgan fingerprint density at radius 1 is 1.24 bits per heavy atom. The molecule has 1 saturated carbocycles. The molecular weight excluding hydrogens is 286 g/mol. The van der Waals surface area contributed by atoms with E-state index in [1.165, 1.54) is 31.4 Å². The average Bonchev–Trinajstić information content (AvgIpc) is 2.40. The molecule has 118 valence electrons. The lowest BCUT2D eigenvalue weighted by Gasteiger charge is -2.35. The Balaban J connectivity index is 2.19. The van der Waals surface area contributed by atoms with E-state index in [4.69, 9.17) is 10.9 Å². The summed E-state index contributed by atoms with van der Waals surface area (Å²) >= 11 is 0. The van der Waals surface area contributed by atoms with Gasteiger partial charge in [-0.2, -0.15) is 0 Å². The summed E-state index contributed by atoms with van der Waals surface area (Å²) in [5.41, 5.74) is 7.19. The topological polar surface area (TPSA) is 98.2 Å². The number of nitrogens with two attached hydrogens (primary N) is 2. The normalized spacial score (nSPS) is 23.2. The molecule has 21 heavy (non-hydrogen) atoms. The summed E-state index contributed by atoms with van der Waals surface area (Å²) in [5, 5.41) is 8.62. The minimum atomic E-state index is -3.71.